The lowest BCUT2D eigenvalue weighted by Crippen LogP contribution is -2.19. The quantitative estimate of drug-likeness (QED) is 0.736. The molecule has 0 aliphatic carbocycles. The maximum Gasteiger partial charge on any atom is 0.213 e. The standard InChI is InChI=1S/C12H13N7O/c1-9(13-6-12-14-8-20-16-12)10-3-2-4-11(5-10)19-7-15-17-18-19/h2-5,7-9,13H,6H2,1H3. The molecule has 2 aromatic heterocycles. The predicted octanol–water partition coefficient (Wildman–Crippen LogP) is 0.896. The van der Waals surface area contributed by atoms with E-state index in [0.717, 1.165) is 11.3 Å². The molecule has 0 aliphatic heterocycles. The van der Waals surface area contributed by atoms with Crippen molar-refractivity contribution in [3.63, 3.8) is 0 Å². The minimum Gasteiger partial charge on any atom is -0.343 e. The molecular formula is C12H13N7O. The van der Waals surface area contributed by atoms with Crippen LogP contribution in [0.15, 0.2) is 41.5 Å². The second kappa shape index (κ2) is 5.57. The molecule has 0 saturated heterocycles. The van der Waals surface area contributed by atoms with E-state index in [2.05, 4.69) is 37.9 Å². The van der Waals surface area contributed by atoms with Crippen LogP contribution in [0.1, 0.15) is 24.4 Å². The average molecular weight is 271 g/mol. The van der Waals surface area contributed by atoms with Crippen molar-refractivity contribution in [2.24, 2.45) is 0 Å². The third-order valence-corrected chi connectivity index (χ3v) is 2.96. The topological polar surface area (TPSA) is 94.6 Å². The zero-order chi connectivity index (χ0) is 13.8. The van der Waals surface area contributed by atoms with Gasteiger partial charge in [0, 0.05) is 6.04 Å². The highest BCUT2D eigenvalue weighted by Gasteiger charge is 2.08. The summed E-state index contributed by atoms with van der Waals surface area (Å²) >= 11 is 0. The lowest BCUT2D eigenvalue weighted by Gasteiger charge is -2.13. The summed E-state index contributed by atoms with van der Waals surface area (Å²) in [5.74, 6) is 0.633. The summed E-state index contributed by atoms with van der Waals surface area (Å²) in [5.41, 5.74) is 2.04. The molecule has 0 spiro atoms. The van der Waals surface area contributed by atoms with Gasteiger partial charge in [0.2, 0.25) is 6.39 Å². The number of rotatable bonds is 5. The average Bonchev–Trinajstić information content (AvgIpc) is 3.18. The van der Waals surface area contributed by atoms with Gasteiger partial charge in [0.15, 0.2) is 5.82 Å². The van der Waals surface area contributed by atoms with Crippen LogP contribution in [0.2, 0.25) is 0 Å². The van der Waals surface area contributed by atoms with E-state index in [9.17, 15) is 0 Å². The van der Waals surface area contributed by atoms with Gasteiger partial charge in [-0.15, -0.1) is 5.10 Å². The van der Waals surface area contributed by atoms with E-state index in [-0.39, 0.29) is 6.04 Å². The Hall–Kier alpha value is -2.61. The molecule has 2 heterocycles. The molecular weight excluding hydrogens is 258 g/mol. The molecule has 0 fully saturated rings. The minimum absolute atomic E-state index is 0.143. The molecule has 1 N–H and O–H groups in total. The van der Waals surface area contributed by atoms with Crippen LogP contribution >= 0.6 is 0 Å². The SMILES string of the molecule is CC(NCc1ncon1)c1cccc(-n2cnnn2)c1. The molecule has 0 saturated carbocycles. The van der Waals surface area contributed by atoms with E-state index in [0.29, 0.717) is 12.4 Å². The van der Waals surface area contributed by atoms with Crippen molar-refractivity contribution in [1.29, 1.82) is 0 Å². The summed E-state index contributed by atoms with van der Waals surface area (Å²) in [4.78, 5) is 3.97. The molecule has 0 bridgehead atoms. The summed E-state index contributed by atoms with van der Waals surface area (Å²) in [7, 11) is 0. The van der Waals surface area contributed by atoms with E-state index in [1.807, 2.05) is 24.3 Å². The highest BCUT2D eigenvalue weighted by Crippen LogP contribution is 2.16. The largest absolute Gasteiger partial charge is 0.343 e. The number of benzene rings is 1. The Morgan fingerprint density at radius 2 is 2.35 bits per heavy atom. The van der Waals surface area contributed by atoms with Crippen molar-refractivity contribution in [3.8, 4) is 5.69 Å². The van der Waals surface area contributed by atoms with Crippen LogP contribution in [-0.2, 0) is 6.54 Å². The van der Waals surface area contributed by atoms with Gasteiger partial charge in [-0.25, -0.2) is 4.68 Å². The van der Waals surface area contributed by atoms with Gasteiger partial charge < -0.3 is 9.84 Å². The fraction of sp³-hybridized carbons (Fsp3) is 0.250. The van der Waals surface area contributed by atoms with Crippen molar-refractivity contribution in [3.05, 3.63) is 48.4 Å². The first kappa shape index (κ1) is 12.4. The number of hydrogen-bond acceptors (Lipinski definition) is 7. The second-order valence-electron chi connectivity index (χ2n) is 4.30. The van der Waals surface area contributed by atoms with Crippen molar-refractivity contribution in [1.82, 2.24) is 35.7 Å². The third-order valence-electron chi connectivity index (χ3n) is 2.96. The van der Waals surface area contributed by atoms with Gasteiger partial charge >= 0.3 is 0 Å². The molecule has 0 aliphatic rings. The summed E-state index contributed by atoms with van der Waals surface area (Å²) in [6, 6.07) is 8.14. The molecule has 1 atom stereocenters. The highest BCUT2D eigenvalue weighted by atomic mass is 16.5. The lowest BCUT2D eigenvalue weighted by molar-refractivity contribution is 0.405. The van der Waals surface area contributed by atoms with Crippen LogP contribution in [-0.4, -0.2) is 30.3 Å². The van der Waals surface area contributed by atoms with Gasteiger partial charge in [0.25, 0.3) is 0 Å². The van der Waals surface area contributed by atoms with Crippen LogP contribution in [0.25, 0.3) is 5.69 Å². The fourth-order valence-corrected chi connectivity index (χ4v) is 1.85. The zero-order valence-electron chi connectivity index (χ0n) is 10.8. The maximum absolute atomic E-state index is 4.69. The van der Waals surface area contributed by atoms with E-state index >= 15 is 0 Å². The van der Waals surface area contributed by atoms with Crippen molar-refractivity contribution in [2.45, 2.75) is 19.5 Å². The van der Waals surface area contributed by atoms with Crippen molar-refractivity contribution >= 4 is 0 Å². The third kappa shape index (κ3) is 2.69. The first-order valence-electron chi connectivity index (χ1n) is 6.15. The van der Waals surface area contributed by atoms with E-state index in [1.165, 1.54) is 6.39 Å². The van der Waals surface area contributed by atoms with Crippen molar-refractivity contribution in [2.75, 3.05) is 0 Å². The maximum atomic E-state index is 4.69. The summed E-state index contributed by atoms with van der Waals surface area (Å²) in [6.45, 7) is 2.62. The summed E-state index contributed by atoms with van der Waals surface area (Å²) in [6.07, 6.45) is 2.89. The first-order chi connectivity index (χ1) is 9.83. The molecule has 1 aromatic carbocycles. The number of nitrogens with one attached hydrogen (secondary N) is 1. The van der Waals surface area contributed by atoms with E-state index in [1.54, 1.807) is 11.0 Å². The van der Waals surface area contributed by atoms with Gasteiger partial charge in [-0.2, -0.15) is 4.98 Å². The molecule has 3 rings (SSSR count). The van der Waals surface area contributed by atoms with Crippen LogP contribution in [0, 0.1) is 0 Å². The summed E-state index contributed by atoms with van der Waals surface area (Å²) < 4.78 is 6.31. The van der Waals surface area contributed by atoms with Crippen LogP contribution in [0.4, 0.5) is 0 Å². The van der Waals surface area contributed by atoms with Gasteiger partial charge in [0.1, 0.15) is 6.33 Å². The Bertz CT molecular complexity index is 650. The monoisotopic (exact) mass is 271 g/mol. The van der Waals surface area contributed by atoms with Gasteiger partial charge in [-0.3, -0.25) is 0 Å². The smallest absolute Gasteiger partial charge is 0.213 e. The van der Waals surface area contributed by atoms with Gasteiger partial charge in [-0.1, -0.05) is 17.3 Å². The molecule has 1 unspecified atom stereocenters. The number of aromatic nitrogens is 6. The first-order valence-corrected chi connectivity index (χ1v) is 6.15. The summed E-state index contributed by atoms with van der Waals surface area (Å²) in [5, 5.41) is 18.2. The number of tetrazole rings is 1. The van der Waals surface area contributed by atoms with Crippen LogP contribution in [0.5, 0.6) is 0 Å². The molecule has 8 heteroatoms. The Morgan fingerprint density at radius 3 is 3.10 bits per heavy atom. The van der Waals surface area contributed by atoms with Gasteiger partial charge in [0.05, 0.1) is 12.2 Å². The zero-order valence-corrected chi connectivity index (χ0v) is 10.8. The Kier molecular flexibility index (Phi) is 3.46. The minimum atomic E-state index is 0.143. The van der Waals surface area contributed by atoms with Crippen LogP contribution in [0.3, 0.4) is 0 Å². The highest BCUT2D eigenvalue weighted by molar-refractivity contribution is 5.35. The molecule has 0 radical (unpaired) electrons. The van der Waals surface area contributed by atoms with E-state index in [4.69, 9.17) is 4.52 Å². The second-order valence-corrected chi connectivity index (χ2v) is 4.30. The predicted molar refractivity (Wildman–Crippen MR) is 68.7 cm³/mol. The molecule has 102 valence electrons. The Morgan fingerprint density at radius 1 is 1.40 bits per heavy atom. The normalized spacial score (nSPS) is 12.4. The molecule has 8 nitrogen and oxygen atoms in total. The van der Waals surface area contributed by atoms with Crippen LogP contribution < -0.4 is 5.32 Å². The number of hydrogen-bond donors (Lipinski definition) is 1. The Labute approximate surface area is 114 Å². The molecule has 0 amide bonds. The Balaban J connectivity index is 1.71. The lowest BCUT2D eigenvalue weighted by atomic mass is 10.1. The fourth-order valence-electron chi connectivity index (χ4n) is 1.85. The molecule has 20 heavy (non-hydrogen) atoms. The molecule has 3 aromatic rings. The number of nitrogens with zero attached hydrogens (tertiary/aromatic N) is 6. The van der Waals surface area contributed by atoms with Gasteiger partial charge in [-0.05, 0) is 35.0 Å². The van der Waals surface area contributed by atoms with E-state index < -0.39 is 0 Å². The van der Waals surface area contributed by atoms with Crippen molar-refractivity contribution < 1.29 is 4.52 Å².